The van der Waals surface area contributed by atoms with Gasteiger partial charge in [-0.2, -0.15) is 0 Å². The Kier molecular flexibility index (Phi) is 6.33. The number of pyridine rings is 1. The van der Waals surface area contributed by atoms with Gasteiger partial charge in [-0.1, -0.05) is 6.58 Å². The predicted octanol–water partition coefficient (Wildman–Crippen LogP) is 4.51. The highest BCUT2D eigenvalue weighted by atomic mass is 79.9. The highest BCUT2D eigenvalue weighted by Gasteiger charge is 2.19. The molecule has 0 amide bonds. The van der Waals surface area contributed by atoms with Crippen LogP contribution in [0, 0.1) is 0 Å². The van der Waals surface area contributed by atoms with Crippen LogP contribution >= 0.6 is 15.9 Å². The molecule has 4 rings (SSSR count). The summed E-state index contributed by atoms with van der Waals surface area (Å²) in [4.78, 5) is 7.51. The topological polar surface area (TPSA) is 41.8 Å². The zero-order valence-electron chi connectivity index (χ0n) is 16.8. The highest BCUT2D eigenvalue weighted by Crippen LogP contribution is 2.30. The van der Waals surface area contributed by atoms with Crippen molar-refractivity contribution in [3.8, 4) is 17.0 Å². The zero-order chi connectivity index (χ0) is 20.2. The minimum absolute atomic E-state index is 0.537. The standard InChI is InChI=1S/C23H27BrN4O/c1-17(2)16-29-19-8-6-18(7-9-19)22-21(15-27-12-4-10-25-11-14-27)28-13-3-5-20(24)23(28)26-22/h3,5-9,13,25H,1,4,10-12,14-16H2,2H3. The van der Waals surface area contributed by atoms with Gasteiger partial charge in [-0.25, -0.2) is 4.98 Å². The second-order valence-electron chi connectivity index (χ2n) is 7.61. The summed E-state index contributed by atoms with van der Waals surface area (Å²) in [5.74, 6) is 0.849. The van der Waals surface area contributed by atoms with E-state index in [1.165, 1.54) is 12.1 Å². The number of imidazole rings is 1. The van der Waals surface area contributed by atoms with E-state index < -0.39 is 0 Å². The average Bonchev–Trinajstić information content (AvgIpc) is 2.89. The maximum Gasteiger partial charge on any atom is 0.152 e. The number of hydrogen-bond donors (Lipinski definition) is 1. The molecule has 1 aliphatic rings. The van der Waals surface area contributed by atoms with Gasteiger partial charge in [0.25, 0.3) is 0 Å². The molecular formula is C23H27BrN4O. The maximum atomic E-state index is 5.75. The molecule has 152 valence electrons. The third-order valence-electron chi connectivity index (χ3n) is 5.12. The second kappa shape index (κ2) is 9.11. The molecule has 0 atom stereocenters. The summed E-state index contributed by atoms with van der Waals surface area (Å²) in [7, 11) is 0. The van der Waals surface area contributed by atoms with Crippen molar-refractivity contribution in [1.29, 1.82) is 0 Å². The van der Waals surface area contributed by atoms with Crippen molar-refractivity contribution in [2.45, 2.75) is 19.9 Å². The summed E-state index contributed by atoms with van der Waals surface area (Å²) >= 11 is 3.67. The third-order valence-corrected chi connectivity index (χ3v) is 5.74. The number of ether oxygens (including phenoxy) is 1. The SMILES string of the molecule is C=C(C)COc1ccc(-c2nc3c(Br)cccn3c2CN2CCCNCC2)cc1. The number of rotatable bonds is 6. The van der Waals surface area contributed by atoms with Gasteiger partial charge in [0.2, 0.25) is 0 Å². The first-order valence-corrected chi connectivity index (χ1v) is 10.9. The molecule has 0 saturated carbocycles. The number of aromatic nitrogens is 2. The van der Waals surface area contributed by atoms with Crippen LogP contribution < -0.4 is 10.1 Å². The normalized spacial score (nSPS) is 15.4. The van der Waals surface area contributed by atoms with Gasteiger partial charge in [-0.3, -0.25) is 4.90 Å². The lowest BCUT2D eigenvalue weighted by atomic mass is 10.1. The molecule has 0 unspecified atom stereocenters. The molecule has 0 bridgehead atoms. The molecule has 3 aromatic rings. The molecule has 1 fully saturated rings. The minimum atomic E-state index is 0.537. The van der Waals surface area contributed by atoms with Gasteiger partial charge in [0.1, 0.15) is 12.4 Å². The molecule has 2 aromatic heterocycles. The lowest BCUT2D eigenvalue weighted by Crippen LogP contribution is -2.28. The van der Waals surface area contributed by atoms with E-state index in [4.69, 9.17) is 9.72 Å². The lowest BCUT2D eigenvalue weighted by Gasteiger charge is -2.20. The molecule has 1 N–H and O–H groups in total. The van der Waals surface area contributed by atoms with Crippen LogP contribution in [0.4, 0.5) is 0 Å². The van der Waals surface area contributed by atoms with E-state index in [0.717, 1.165) is 65.4 Å². The number of nitrogens with zero attached hydrogens (tertiary/aromatic N) is 3. The second-order valence-corrected chi connectivity index (χ2v) is 8.46. The molecule has 1 saturated heterocycles. The highest BCUT2D eigenvalue weighted by molar-refractivity contribution is 9.10. The van der Waals surface area contributed by atoms with Crippen molar-refractivity contribution in [2.24, 2.45) is 0 Å². The Labute approximate surface area is 180 Å². The van der Waals surface area contributed by atoms with Gasteiger partial charge >= 0.3 is 0 Å². The van der Waals surface area contributed by atoms with Crippen LogP contribution in [-0.4, -0.2) is 47.1 Å². The molecular weight excluding hydrogens is 428 g/mol. The Morgan fingerprint density at radius 2 is 2.03 bits per heavy atom. The minimum Gasteiger partial charge on any atom is -0.489 e. The van der Waals surface area contributed by atoms with E-state index in [2.05, 4.69) is 61.5 Å². The summed E-state index contributed by atoms with van der Waals surface area (Å²) in [5.41, 5.74) is 5.31. The quantitative estimate of drug-likeness (QED) is 0.556. The van der Waals surface area contributed by atoms with Crippen LogP contribution in [-0.2, 0) is 6.54 Å². The summed E-state index contributed by atoms with van der Waals surface area (Å²) in [6.45, 7) is 11.5. The van der Waals surface area contributed by atoms with E-state index in [1.54, 1.807) is 0 Å². The first kappa shape index (κ1) is 20.1. The van der Waals surface area contributed by atoms with E-state index in [-0.39, 0.29) is 0 Å². The smallest absolute Gasteiger partial charge is 0.152 e. The molecule has 0 spiro atoms. The Morgan fingerprint density at radius 1 is 1.21 bits per heavy atom. The molecule has 0 radical (unpaired) electrons. The molecule has 6 heteroatoms. The average molecular weight is 455 g/mol. The van der Waals surface area contributed by atoms with E-state index in [0.29, 0.717) is 6.61 Å². The Balaban J connectivity index is 1.69. The fourth-order valence-corrected chi connectivity index (χ4v) is 4.09. The van der Waals surface area contributed by atoms with Crippen molar-refractivity contribution < 1.29 is 4.74 Å². The van der Waals surface area contributed by atoms with Gasteiger partial charge in [-0.05, 0) is 84.3 Å². The summed E-state index contributed by atoms with van der Waals surface area (Å²) < 4.78 is 8.97. The first-order valence-electron chi connectivity index (χ1n) is 10.1. The van der Waals surface area contributed by atoms with E-state index >= 15 is 0 Å². The van der Waals surface area contributed by atoms with Crippen molar-refractivity contribution in [3.05, 3.63) is 64.9 Å². The first-order chi connectivity index (χ1) is 14.1. The maximum absolute atomic E-state index is 5.75. The molecule has 1 aromatic carbocycles. The van der Waals surface area contributed by atoms with Gasteiger partial charge in [0.05, 0.1) is 15.9 Å². The largest absolute Gasteiger partial charge is 0.489 e. The Morgan fingerprint density at radius 3 is 2.83 bits per heavy atom. The van der Waals surface area contributed by atoms with Gasteiger partial charge in [0.15, 0.2) is 5.65 Å². The number of hydrogen-bond acceptors (Lipinski definition) is 4. The number of nitrogens with one attached hydrogen (secondary N) is 1. The third kappa shape index (κ3) is 4.71. The van der Waals surface area contributed by atoms with Crippen LogP contribution in [0.5, 0.6) is 5.75 Å². The van der Waals surface area contributed by atoms with Crippen LogP contribution in [0.3, 0.4) is 0 Å². The van der Waals surface area contributed by atoms with Gasteiger partial charge in [-0.15, -0.1) is 0 Å². The van der Waals surface area contributed by atoms with Crippen LogP contribution in [0.25, 0.3) is 16.9 Å². The van der Waals surface area contributed by atoms with Crippen molar-refractivity contribution >= 4 is 21.6 Å². The van der Waals surface area contributed by atoms with Crippen LogP contribution in [0.15, 0.2) is 59.2 Å². The predicted molar refractivity (Wildman–Crippen MR) is 121 cm³/mol. The van der Waals surface area contributed by atoms with Crippen molar-refractivity contribution in [3.63, 3.8) is 0 Å². The van der Waals surface area contributed by atoms with Gasteiger partial charge < -0.3 is 14.5 Å². The molecule has 1 aliphatic heterocycles. The van der Waals surface area contributed by atoms with Crippen LogP contribution in [0.2, 0.25) is 0 Å². The monoisotopic (exact) mass is 454 g/mol. The van der Waals surface area contributed by atoms with Crippen LogP contribution in [0.1, 0.15) is 19.0 Å². The fraction of sp³-hybridized carbons (Fsp3) is 0.348. The zero-order valence-corrected chi connectivity index (χ0v) is 18.4. The van der Waals surface area contributed by atoms with Crippen molar-refractivity contribution in [1.82, 2.24) is 19.6 Å². The summed E-state index contributed by atoms with van der Waals surface area (Å²) in [5, 5.41) is 3.48. The molecule has 29 heavy (non-hydrogen) atoms. The Bertz CT molecular complexity index is 988. The Hall–Kier alpha value is -2.15. The fourth-order valence-electron chi connectivity index (χ4n) is 3.65. The number of halogens is 1. The van der Waals surface area contributed by atoms with E-state index in [9.17, 15) is 0 Å². The molecule has 0 aliphatic carbocycles. The van der Waals surface area contributed by atoms with E-state index in [1.807, 2.05) is 25.1 Å². The lowest BCUT2D eigenvalue weighted by molar-refractivity contribution is 0.281. The molecule has 5 nitrogen and oxygen atoms in total. The summed E-state index contributed by atoms with van der Waals surface area (Å²) in [6.07, 6.45) is 3.27. The molecule has 3 heterocycles. The van der Waals surface area contributed by atoms with Gasteiger partial charge in [0, 0.05) is 31.4 Å². The summed E-state index contributed by atoms with van der Waals surface area (Å²) in [6, 6.07) is 12.3. The van der Waals surface area contributed by atoms with Crippen molar-refractivity contribution in [2.75, 3.05) is 32.8 Å². The number of benzene rings is 1. The number of fused-ring (bicyclic) bond motifs is 1.